The van der Waals surface area contributed by atoms with Crippen molar-refractivity contribution < 1.29 is 9.59 Å². The molecule has 170 valence electrons. The van der Waals surface area contributed by atoms with Gasteiger partial charge in [0.15, 0.2) is 0 Å². The lowest BCUT2D eigenvalue weighted by Crippen LogP contribution is -2.44. The lowest BCUT2D eigenvalue weighted by molar-refractivity contribution is -0.137. The number of likely N-dealkylation sites (tertiary alicyclic amines) is 2. The molecule has 3 aliphatic heterocycles. The van der Waals surface area contributed by atoms with Crippen LogP contribution in [0.1, 0.15) is 55.1 Å². The standard InChI is InChI=1S/C23H35N5O3/c1-16-21(28-12-5-8-19(28)24-22(16)30)17-7-4-10-27(14-17)23(31)18-13-20(29)26(15-18)11-6-9-25(2)3/h17-18H,4-15H2,1-3H3/t17-,18+/m0/s1. The summed E-state index contributed by atoms with van der Waals surface area (Å²) in [6, 6.07) is 0. The molecule has 0 aromatic carbocycles. The van der Waals surface area contributed by atoms with Crippen molar-refractivity contribution in [3.63, 3.8) is 0 Å². The van der Waals surface area contributed by atoms with Crippen molar-refractivity contribution in [1.82, 2.24) is 24.3 Å². The zero-order chi connectivity index (χ0) is 22.1. The molecule has 3 aliphatic rings. The topological polar surface area (TPSA) is 78.8 Å². The Bertz CT molecular complexity index is 909. The minimum atomic E-state index is -0.238. The molecule has 4 rings (SSSR count). The predicted octanol–water partition coefficient (Wildman–Crippen LogP) is 1.00. The van der Waals surface area contributed by atoms with Crippen LogP contribution in [-0.4, -0.2) is 82.9 Å². The molecule has 8 heteroatoms. The van der Waals surface area contributed by atoms with E-state index >= 15 is 0 Å². The molecule has 4 heterocycles. The molecule has 0 spiro atoms. The van der Waals surface area contributed by atoms with Crippen LogP contribution in [0.25, 0.3) is 0 Å². The van der Waals surface area contributed by atoms with E-state index in [1.807, 2.05) is 30.8 Å². The third kappa shape index (κ3) is 4.54. The summed E-state index contributed by atoms with van der Waals surface area (Å²) in [4.78, 5) is 48.3. The van der Waals surface area contributed by atoms with Crippen LogP contribution in [-0.2, 0) is 22.6 Å². The highest BCUT2D eigenvalue weighted by atomic mass is 16.2. The SMILES string of the molecule is Cc1c([C@H]2CCCN(C(=O)[C@@H]3CC(=O)N(CCCN(C)C)C3)C2)n2c(nc1=O)CCC2. The number of carbonyl (C=O) groups is 2. The van der Waals surface area contributed by atoms with E-state index in [0.29, 0.717) is 26.1 Å². The first-order valence-corrected chi connectivity index (χ1v) is 11.7. The van der Waals surface area contributed by atoms with Gasteiger partial charge >= 0.3 is 0 Å². The molecule has 2 saturated heterocycles. The van der Waals surface area contributed by atoms with Crippen molar-refractivity contribution in [2.75, 3.05) is 46.8 Å². The van der Waals surface area contributed by atoms with Crippen LogP contribution in [0.3, 0.4) is 0 Å². The number of aryl methyl sites for hydroxylation is 1. The number of fused-ring (bicyclic) bond motifs is 1. The number of carbonyl (C=O) groups excluding carboxylic acids is 2. The van der Waals surface area contributed by atoms with Gasteiger partial charge in [0, 0.05) is 62.7 Å². The monoisotopic (exact) mass is 429 g/mol. The van der Waals surface area contributed by atoms with Crippen LogP contribution in [0.2, 0.25) is 0 Å². The first-order chi connectivity index (χ1) is 14.8. The van der Waals surface area contributed by atoms with Crippen LogP contribution in [0.15, 0.2) is 4.79 Å². The van der Waals surface area contributed by atoms with Gasteiger partial charge in [0.25, 0.3) is 5.56 Å². The lowest BCUT2D eigenvalue weighted by atomic mass is 9.91. The summed E-state index contributed by atoms with van der Waals surface area (Å²) in [5.74, 6) is 1.02. The molecule has 2 atom stereocenters. The fraction of sp³-hybridized carbons (Fsp3) is 0.739. The van der Waals surface area contributed by atoms with E-state index in [2.05, 4.69) is 14.5 Å². The Labute approximate surface area is 184 Å². The van der Waals surface area contributed by atoms with E-state index in [-0.39, 0.29) is 29.2 Å². The minimum absolute atomic E-state index is 0.0972. The maximum absolute atomic E-state index is 13.3. The second-order valence-corrected chi connectivity index (χ2v) is 9.62. The van der Waals surface area contributed by atoms with Crippen molar-refractivity contribution in [3.05, 3.63) is 27.4 Å². The van der Waals surface area contributed by atoms with Crippen LogP contribution in [0, 0.1) is 12.8 Å². The summed E-state index contributed by atoms with van der Waals surface area (Å²) in [5, 5.41) is 0. The van der Waals surface area contributed by atoms with E-state index in [4.69, 9.17) is 0 Å². The number of nitrogens with zero attached hydrogens (tertiary/aromatic N) is 5. The van der Waals surface area contributed by atoms with Crippen LogP contribution < -0.4 is 5.56 Å². The predicted molar refractivity (Wildman–Crippen MR) is 118 cm³/mol. The molecule has 0 aliphatic carbocycles. The zero-order valence-electron chi connectivity index (χ0n) is 19.1. The molecule has 0 saturated carbocycles. The molecule has 31 heavy (non-hydrogen) atoms. The Morgan fingerprint density at radius 2 is 1.97 bits per heavy atom. The Kier molecular flexibility index (Phi) is 6.46. The zero-order valence-corrected chi connectivity index (χ0v) is 19.1. The summed E-state index contributed by atoms with van der Waals surface area (Å²) in [7, 11) is 4.05. The number of amides is 2. The summed E-state index contributed by atoms with van der Waals surface area (Å²) in [5.41, 5.74) is 1.69. The van der Waals surface area contributed by atoms with Crippen molar-refractivity contribution in [2.24, 2.45) is 5.92 Å². The molecule has 2 fully saturated rings. The maximum Gasteiger partial charge on any atom is 0.276 e. The van der Waals surface area contributed by atoms with E-state index in [0.717, 1.165) is 68.8 Å². The molecule has 1 aromatic rings. The molecule has 2 amide bonds. The average Bonchev–Trinajstić information content (AvgIpc) is 3.34. The van der Waals surface area contributed by atoms with Crippen LogP contribution in [0.5, 0.6) is 0 Å². The van der Waals surface area contributed by atoms with Gasteiger partial charge in [0.05, 0.1) is 5.92 Å². The second kappa shape index (κ2) is 9.10. The van der Waals surface area contributed by atoms with Gasteiger partial charge in [0.2, 0.25) is 11.8 Å². The first-order valence-electron chi connectivity index (χ1n) is 11.7. The molecule has 1 aromatic heterocycles. The highest BCUT2D eigenvalue weighted by molar-refractivity contribution is 5.89. The van der Waals surface area contributed by atoms with Gasteiger partial charge in [-0.2, -0.15) is 4.98 Å². The van der Waals surface area contributed by atoms with E-state index in [1.165, 1.54) is 0 Å². The largest absolute Gasteiger partial charge is 0.342 e. The quantitative estimate of drug-likeness (QED) is 0.674. The van der Waals surface area contributed by atoms with Crippen molar-refractivity contribution in [3.8, 4) is 0 Å². The normalized spacial score (nSPS) is 23.7. The van der Waals surface area contributed by atoms with E-state index < -0.39 is 0 Å². The van der Waals surface area contributed by atoms with E-state index in [1.54, 1.807) is 0 Å². The molecule has 0 bridgehead atoms. The van der Waals surface area contributed by atoms with Crippen LogP contribution in [0.4, 0.5) is 0 Å². The summed E-state index contributed by atoms with van der Waals surface area (Å²) in [6.45, 7) is 6.34. The van der Waals surface area contributed by atoms with E-state index in [9.17, 15) is 14.4 Å². The third-order valence-electron chi connectivity index (χ3n) is 7.04. The van der Waals surface area contributed by atoms with Gasteiger partial charge in [-0.1, -0.05) is 0 Å². The lowest BCUT2D eigenvalue weighted by Gasteiger charge is -2.35. The number of hydrogen-bond donors (Lipinski definition) is 0. The second-order valence-electron chi connectivity index (χ2n) is 9.62. The van der Waals surface area contributed by atoms with Gasteiger partial charge in [-0.15, -0.1) is 0 Å². The fourth-order valence-corrected chi connectivity index (χ4v) is 5.46. The third-order valence-corrected chi connectivity index (χ3v) is 7.04. The van der Waals surface area contributed by atoms with Gasteiger partial charge in [-0.25, -0.2) is 0 Å². The molecule has 8 nitrogen and oxygen atoms in total. The summed E-state index contributed by atoms with van der Waals surface area (Å²) in [6.07, 6.45) is 5.03. The van der Waals surface area contributed by atoms with Gasteiger partial charge in [0.1, 0.15) is 5.82 Å². The summed E-state index contributed by atoms with van der Waals surface area (Å²) < 4.78 is 2.22. The summed E-state index contributed by atoms with van der Waals surface area (Å²) >= 11 is 0. The maximum atomic E-state index is 13.3. The van der Waals surface area contributed by atoms with Crippen molar-refractivity contribution in [1.29, 1.82) is 0 Å². The van der Waals surface area contributed by atoms with Gasteiger partial charge < -0.3 is 19.3 Å². The van der Waals surface area contributed by atoms with Gasteiger partial charge in [-0.05, 0) is 53.2 Å². The van der Waals surface area contributed by atoms with Crippen molar-refractivity contribution in [2.45, 2.75) is 57.9 Å². The number of hydrogen-bond acceptors (Lipinski definition) is 5. The van der Waals surface area contributed by atoms with Gasteiger partial charge in [-0.3, -0.25) is 14.4 Å². The molecular formula is C23H35N5O3. The smallest absolute Gasteiger partial charge is 0.276 e. The Morgan fingerprint density at radius 3 is 2.74 bits per heavy atom. The number of rotatable bonds is 6. The Balaban J connectivity index is 1.43. The first kappa shape index (κ1) is 22.0. The molecule has 0 radical (unpaired) electrons. The Morgan fingerprint density at radius 1 is 1.16 bits per heavy atom. The Hall–Kier alpha value is -2.22. The average molecular weight is 430 g/mol. The van der Waals surface area contributed by atoms with Crippen LogP contribution >= 0.6 is 0 Å². The fourth-order valence-electron chi connectivity index (χ4n) is 5.46. The van der Waals surface area contributed by atoms with Crippen molar-refractivity contribution >= 4 is 11.8 Å². The number of aromatic nitrogens is 2. The molecule has 0 N–H and O–H groups in total. The minimum Gasteiger partial charge on any atom is -0.342 e. The molecular weight excluding hydrogens is 394 g/mol. The highest BCUT2D eigenvalue weighted by Gasteiger charge is 2.38. The number of piperidine rings is 1. The highest BCUT2D eigenvalue weighted by Crippen LogP contribution is 2.32. The molecule has 0 unspecified atom stereocenters.